The van der Waals surface area contributed by atoms with Crippen molar-refractivity contribution in [2.45, 2.75) is 0 Å². The fourth-order valence-corrected chi connectivity index (χ4v) is 2.09. The molecule has 0 saturated heterocycles. The van der Waals surface area contributed by atoms with Gasteiger partial charge in [0.25, 0.3) is 0 Å². The lowest BCUT2D eigenvalue weighted by atomic mass is 10.1. The third-order valence-corrected chi connectivity index (χ3v) is 2.88. The molecule has 0 fully saturated rings. The molecule has 0 saturated carbocycles. The predicted octanol–water partition coefficient (Wildman–Crippen LogP) is 3.01. The van der Waals surface area contributed by atoms with E-state index in [1.54, 1.807) is 0 Å². The van der Waals surface area contributed by atoms with Gasteiger partial charge < -0.3 is 16.9 Å². The van der Waals surface area contributed by atoms with E-state index in [0.29, 0.717) is 0 Å². The lowest BCUT2D eigenvalue weighted by molar-refractivity contribution is 1.05. The fraction of sp³-hybridized carbons (Fsp3) is 0. The van der Waals surface area contributed by atoms with Gasteiger partial charge in [0.1, 0.15) is 0 Å². The monoisotopic (exact) mass is 225 g/mol. The minimum absolute atomic E-state index is 0.950. The summed E-state index contributed by atoms with van der Waals surface area (Å²) < 4.78 is 1.51. The molecular weight excluding hydrogens is 216 g/mol. The van der Waals surface area contributed by atoms with Gasteiger partial charge in [-0.25, -0.2) is 0 Å². The van der Waals surface area contributed by atoms with Crippen LogP contribution < -0.4 is 0 Å². The van der Waals surface area contributed by atoms with Gasteiger partial charge in [0.15, 0.2) is 0 Å². The van der Waals surface area contributed by atoms with Crippen molar-refractivity contribution in [3.63, 3.8) is 0 Å². The predicted molar refractivity (Wildman–Crippen MR) is 67.9 cm³/mol. The first-order valence-corrected chi connectivity index (χ1v) is 5.43. The number of para-hydroxylation sites is 1. The van der Waals surface area contributed by atoms with Crippen LogP contribution in [0.2, 0.25) is 0 Å². The zero-order valence-electron chi connectivity index (χ0n) is 8.50. The van der Waals surface area contributed by atoms with Crippen LogP contribution in [0.5, 0.6) is 0 Å². The van der Waals surface area contributed by atoms with Crippen molar-refractivity contribution in [1.29, 1.82) is 0 Å². The Kier molecular flexibility index (Phi) is 2.11. The Morgan fingerprint density at radius 3 is 2.38 bits per heavy atom. The SMILES string of the molecule is [S-]n1nc(-c2ccccc2)c2ccccc21. The molecule has 78 valence electrons. The zero-order chi connectivity index (χ0) is 11.0. The van der Waals surface area contributed by atoms with Gasteiger partial charge in [-0.2, -0.15) is 5.10 Å². The Morgan fingerprint density at radius 1 is 0.875 bits per heavy atom. The molecule has 0 aliphatic carbocycles. The van der Waals surface area contributed by atoms with Gasteiger partial charge >= 0.3 is 0 Å². The van der Waals surface area contributed by atoms with Gasteiger partial charge in [-0.3, -0.25) is 0 Å². The van der Waals surface area contributed by atoms with Crippen molar-refractivity contribution in [1.82, 2.24) is 9.19 Å². The molecule has 3 rings (SSSR count). The van der Waals surface area contributed by atoms with Crippen LogP contribution >= 0.6 is 0 Å². The molecule has 0 radical (unpaired) electrons. The lowest BCUT2D eigenvalue weighted by Crippen LogP contribution is -1.87. The van der Waals surface area contributed by atoms with E-state index in [0.717, 1.165) is 22.2 Å². The maximum absolute atomic E-state index is 5.18. The zero-order valence-corrected chi connectivity index (χ0v) is 9.32. The topological polar surface area (TPSA) is 17.8 Å². The first kappa shape index (κ1) is 9.36. The van der Waals surface area contributed by atoms with Gasteiger partial charge in [-0.05, 0) is 6.07 Å². The van der Waals surface area contributed by atoms with Crippen LogP contribution in [0.4, 0.5) is 0 Å². The largest absolute Gasteiger partial charge is 0.665 e. The number of benzene rings is 2. The van der Waals surface area contributed by atoms with Crippen molar-refractivity contribution in [2.24, 2.45) is 0 Å². The highest BCUT2D eigenvalue weighted by molar-refractivity contribution is 7.57. The highest BCUT2D eigenvalue weighted by atomic mass is 32.1. The van der Waals surface area contributed by atoms with E-state index in [9.17, 15) is 0 Å². The molecule has 1 heterocycles. The first-order chi connectivity index (χ1) is 7.86. The summed E-state index contributed by atoms with van der Waals surface area (Å²) in [5.74, 6) is 0. The molecular formula is C13H9N2S-. The number of hydrogen-bond donors (Lipinski definition) is 0. The molecule has 0 atom stereocenters. The van der Waals surface area contributed by atoms with Crippen LogP contribution in [0.1, 0.15) is 0 Å². The Balaban J connectivity index is 2.33. The van der Waals surface area contributed by atoms with E-state index < -0.39 is 0 Å². The van der Waals surface area contributed by atoms with Gasteiger partial charge in [-0.1, -0.05) is 48.5 Å². The molecule has 2 aromatic carbocycles. The number of aromatic nitrogens is 2. The average molecular weight is 225 g/mol. The van der Waals surface area contributed by atoms with E-state index in [1.807, 2.05) is 54.6 Å². The highest BCUT2D eigenvalue weighted by Crippen LogP contribution is 2.26. The smallest absolute Gasteiger partial charge is 0.0983 e. The molecule has 0 spiro atoms. The Hall–Kier alpha value is -1.87. The minimum atomic E-state index is 0.950. The molecule has 0 amide bonds. The van der Waals surface area contributed by atoms with Crippen LogP contribution in [0.15, 0.2) is 54.6 Å². The van der Waals surface area contributed by atoms with Gasteiger partial charge in [-0.15, -0.1) is 0 Å². The normalized spacial score (nSPS) is 10.8. The van der Waals surface area contributed by atoms with Crippen molar-refractivity contribution >= 4 is 23.7 Å². The first-order valence-electron chi connectivity index (χ1n) is 5.07. The van der Waals surface area contributed by atoms with Gasteiger partial charge in [0.2, 0.25) is 0 Å². The number of fused-ring (bicyclic) bond motifs is 1. The molecule has 2 nitrogen and oxygen atoms in total. The number of nitrogens with zero attached hydrogens (tertiary/aromatic N) is 2. The maximum atomic E-state index is 5.18. The standard InChI is InChI=1S/C13H9N2S/c16-15-12-9-5-4-8-11(12)13(14-15)10-6-2-1-3-7-10/h1-9H/q-1. The van der Waals surface area contributed by atoms with Gasteiger partial charge in [0.05, 0.1) is 5.69 Å². The second-order valence-electron chi connectivity index (χ2n) is 3.60. The van der Waals surface area contributed by atoms with Crippen molar-refractivity contribution < 1.29 is 0 Å². The van der Waals surface area contributed by atoms with Gasteiger partial charge in [0, 0.05) is 16.5 Å². The van der Waals surface area contributed by atoms with E-state index in [4.69, 9.17) is 12.8 Å². The Morgan fingerprint density at radius 2 is 1.56 bits per heavy atom. The number of rotatable bonds is 1. The summed E-state index contributed by atoms with van der Waals surface area (Å²) in [5, 5.41) is 5.49. The fourth-order valence-electron chi connectivity index (χ4n) is 1.85. The maximum Gasteiger partial charge on any atom is 0.0983 e. The highest BCUT2D eigenvalue weighted by Gasteiger charge is 2.06. The quantitative estimate of drug-likeness (QED) is 0.592. The van der Waals surface area contributed by atoms with E-state index in [2.05, 4.69) is 5.10 Å². The van der Waals surface area contributed by atoms with E-state index in [1.165, 1.54) is 4.09 Å². The second kappa shape index (κ2) is 3.61. The molecule has 0 aliphatic rings. The molecule has 3 aromatic rings. The third-order valence-electron chi connectivity index (χ3n) is 2.60. The van der Waals surface area contributed by atoms with E-state index >= 15 is 0 Å². The lowest BCUT2D eigenvalue weighted by Gasteiger charge is -2.04. The van der Waals surface area contributed by atoms with Crippen LogP contribution in [0.25, 0.3) is 22.2 Å². The second-order valence-corrected chi connectivity index (χ2v) is 3.95. The van der Waals surface area contributed by atoms with Crippen LogP contribution in [0, 0.1) is 0 Å². The molecule has 0 unspecified atom stereocenters. The summed E-state index contributed by atoms with van der Waals surface area (Å²) in [6.07, 6.45) is 0. The van der Waals surface area contributed by atoms with Crippen LogP contribution in [-0.2, 0) is 12.8 Å². The molecule has 0 bridgehead atoms. The van der Waals surface area contributed by atoms with Crippen molar-refractivity contribution in [3.8, 4) is 11.3 Å². The molecule has 16 heavy (non-hydrogen) atoms. The summed E-state index contributed by atoms with van der Waals surface area (Å²) in [6, 6.07) is 18.1. The van der Waals surface area contributed by atoms with Crippen LogP contribution in [0.3, 0.4) is 0 Å². The summed E-state index contributed by atoms with van der Waals surface area (Å²) in [7, 11) is 0. The molecule has 0 aliphatic heterocycles. The molecule has 3 heteroatoms. The minimum Gasteiger partial charge on any atom is -0.665 e. The summed E-state index contributed by atoms with van der Waals surface area (Å²) in [5.41, 5.74) is 3.03. The molecule has 0 N–H and O–H groups in total. The molecule has 1 aromatic heterocycles. The Bertz CT molecular complexity index is 629. The summed E-state index contributed by atoms with van der Waals surface area (Å²) in [4.78, 5) is 0. The van der Waals surface area contributed by atoms with E-state index in [-0.39, 0.29) is 0 Å². The third kappa shape index (κ3) is 1.37. The average Bonchev–Trinajstić information content (AvgIpc) is 2.69. The van der Waals surface area contributed by atoms with Crippen molar-refractivity contribution in [3.05, 3.63) is 54.6 Å². The number of hydrogen-bond acceptors (Lipinski definition) is 2. The summed E-state index contributed by atoms with van der Waals surface area (Å²) in [6.45, 7) is 0. The van der Waals surface area contributed by atoms with Crippen molar-refractivity contribution in [2.75, 3.05) is 0 Å². The summed E-state index contributed by atoms with van der Waals surface area (Å²) >= 11 is 5.18. The van der Waals surface area contributed by atoms with Crippen LogP contribution in [-0.4, -0.2) is 9.19 Å². The Labute approximate surface area is 99.1 Å².